The Labute approximate surface area is 225 Å². The van der Waals surface area contributed by atoms with Crippen LogP contribution in [0.2, 0.25) is 5.02 Å². The highest BCUT2D eigenvalue weighted by Gasteiger charge is 2.29. The number of nitrogens with zero attached hydrogens (tertiary/aromatic N) is 3. The minimum atomic E-state index is -0.270. The number of pyridine rings is 2. The van der Waals surface area contributed by atoms with E-state index in [0.717, 1.165) is 22.3 Å². The highest BCUT2D eigenvalue weighted by molar-refractivity contribution is 6.32. The topological polar surface area (TPSA) is 120 Å². The molecule has 1 atom stereocenters. The number of hydrogen-bond donors (Lipinski definition) is 2. The fourth-order valence-electron chi connectivity index (χ4n) is 4.53. The van der Waals surface area contributed by atoms with Gasteiger partial charge in [-0.05, 0) is 41.8 Å². The molecule has 2 aromatic heterocycles. The number of ether oxygens (including phenoxy) is 2. The van der Waals surface area contributed by atoms with Gasteiger partial charge in [0.1, 0.15) is 17.7 Å². The van der Waals surface area contributed by atoms with Gasteiger partial charge in [0.25, 0.3) is 5.91 Å². The van der Waals surface area contributed by atoms with Crippen molar-refractivity contribution >= 4 is 29.2 Å². The van der Waals surface area contributed by atoms with Crippen molar-refractivity contribution < 1.29 is 19.1 Å². The molecule has 0 aliphatic carbocycles. The predicted octanol–water partition coefficient (Wildman–Crippen LogP) is 3.07. The first-order chi connectivity index (χ1) is 18.5. The number of benzene rings is 1. The van der Waals surface area contributed by atoms with Crippen molar-refractivity contribution in [2.24, 2.45) is 0 Å². The van der Waals surface area contributed by atoms with Crippen LogP contribution in [0.25, 0.3) is 11.1 Å². The molecule has 9 nitrogen and oxygen atoms in total. The number of fused-ring (bicyclic) bond motifs is 1. The van der Waals surface area contributed by atoms with Gasteiger partial charge in [-0.3, -0.25) is 14.6 Å². The Balaban J connectivity index is 1.23. The number of halogens is 1. The number of carbonyl (C=O) groups excluding carboxylic acids is 2. The minimum Gasteiger partial charge on any atom is -0.486 e. The van der Waals surface area contributed by atoms with Gasteiger partial charge < -0.3 is 25.4 Å². The van der Waals surface area contributed by atoms with Gasteiger partial charge in [-0.1, -0.05) is 29.8 Å². The molecule has 196 valence electrons. The summed E-state index contributed by atoms with van der Waals surface area (Å²) in [6.07, 6.45) is 9.15. The van der Waals surface area contributed by atoms with Gasteiger partial charge >= 0.3 is 0 Å². The van der Waals surface area contributed by atoms with Crippen LogP contribution in [-0.4, -0.2) is 65.6 Å². The molecule has 0 radical (unpaired) electrons. The molecule has 1 aromatic carbocycles. The molecule has 3 aromatic rings. The lowest BCUT2D eigenvalue weighted by atomic mass is 9.96. The molecule has 10 heteroatoms. The summed E-state index contributed by atoms with van der Waals surface area (Å²) in [5.41, 5.74) is 9.73. The van der Waals surface area contributed by atoms with Crippen molar-refractivity contribution in [1.29, 1.82) is 0 Å². The lowest BCUT2D eigenvalue weighted by Crippen LogP contribution is -2.40. The summed E-state index contributed by atoms with van der Waals surface area (Å²) in [5.74, 6) is 0.782. The molecule has 2 amide bonds. The molecule has 5 rings (SSSR count). The minimum absolute atomic E-state index is 0.0641. The van der Waals surface area contributed by atoms with E-state index in [1.165, 1.54) is 6.08 Å². The molecule has 1 saturated heterocycles. The average molecular weight is 534 g/mol. The van der Waals surface area contributed by atoms with E-state index in [-0.39, 0.29) is 17.9 Å². The van der Waals surface area contributed by atoms with E-state index >= 15 is 0 Å². The average Bonchev–Trinajstić information content (AvgIpc) is 3.39. The first-order valence-electron chi connectivity index (χ1n) is 12.4. The Morgan fingerprint density at radius 2 is 2.00 bits per heavy atom. The van der Waals surface area contributed by atoms with Gasteiger partial charge in [-0.25, -0.2) is 4.98 Å². The standard InChI is InChI=1S/C28H28ClN5O4/c29-24-6-5-22(19-12-20(16-31-15-19)28(36)34-8-10-37-11-9-34)23-13-21(38-27(23)24)17-33-26(35)3-1-2-18-4-7-25(30)32-14-18/h1,3-7,12,14-16,21H,2,8-11,13,17H2,(H2,30,32)(H,33,35)/b3-1+. The number of nitrogens with one attached hydrogen (secondary N) is 1. The van der Waals surface area contributed by atoms with Gasteiger partial charge in [0.05, 0.1) is 30.3 Å². The second kappa shape index (κ2) is 11.6. The van der Waals surface area contributed by atoms with Gasteiger partial charge in [-0.15, -0.1) is 0 Å². The quantitative estimate of drug-likeness (QED) is 0.448. The molecular formula is C28H28ClN5O4. The second-order valence-electron chi connectivity index (χ2n) is 9.16. The first-order valence-corrected chi connectivity index (χ1v) is 12.8. The van der Waals surface area contributed by atoms with Crippen LogP contribution in [-0.2, 0) is 22.4 Å². The SMILES string of the molecule is Nc1ccc(C/C=C/C(=O)NCC2Cc3c(-c4cncc(C(=O)N5CCOCC5)c4)ccc(Cl)c3O2)cn1. The normalized spacial score (nSPS) is 16.8. The molecule has 3 N–H and O–H groups in total. The maximum atomic E-state index is 13.0. The smallest absolute Gasteiger partial charge is 0.255 e. The number of morpholine rings is 1. The molecule has 1 unspecified atom stereocenters. The summed E-state index contributed by atoms with van der Waals surface area (Å²) in [6, 6.07) is 9.15. The molecule has 2 aliphatic heterocycles. The Hall–Kier alpha value is -3.95. The van der Waals surface area contributed by atoms with Crippen LogP contribution in [0, 0.1) is 0 Å². The monoisotopic (exact) mass is 533 g/mol. The molecule has 1 fully saturated rings. The van der Waals surface area contributed by atoms with E-state index in [2.05, 4.69) is 15.3 Å². The zero-order valence-electron chi connectivity index (χ0n) is 20.7. The zero-order valence-corrected chi connectivity index (χ0v) is 21.5. The van der Waals surface area contributed by atoms with Gasteiger partial charge in [0.2, 0.25) is 5.91 Å². The number of nitrogen functional groups attached to an aromatic ring is 1. The van der Waals surface area contributed by atoms with Crippen LogP contribution < -0.4 is 15.8 Å². The van der Waals surface area contributed by atoms with Crippen molar-refractivity contribution in [2.45, 2.75) is 18.9 Å². The lowest BCUT2D eigenvalue weighted by Gasteiger charge is -2.26. The number of anilines is 1. The van der Waals surface area contributed by atoms with E-state index in [9.17, 15) is 9.59 Å². The third-order valence-electron chi connectivity index (χ3n) is 6.50. The van der Waals surface area contributed by atoms with E-state index in [1.807, 2.05) is 18.2 Å². The number of amides is 2. The molecule has 38 heavy (non-hydrogen) atoms. The number of aromatic nitrogens is 2. The van der Waals surface area contributed by atoms with E-state index < -0.39 is 0 Å². The third-order valence-corrected chi connectivity index (χ3v) is 6.80. The Morgan fingerprint density at radius 3 is 2.79 bits per heavy atom. The number of nitrogens with two attached hydrogens (primary N) is 1. The number of hydrogen-bond acceptors (Lipinski definition) is 7. The van der Waals surface area contributed by atoms with Crippen molar-refractivity contribution in [3.05, 3.63) is 82.8 Å². The van der Waals surface area contributed by atoms with Crippen LogP contribution in [0.4, 0.5) is 5.82 Å². The Kier molecular flexibility index (Phi) is 7.86. The summed E-state index contributed by atoms with van der Waals surface area (Å²) in [6.45, 7) is 2.52. The molecule has 4 heterocycles. The van der Waals surface area contributed by atoms with Crippen molar-refractivity contribution in [3.63, 3.8) is 0 Å². The predicted molar refractivity (Wildman–Crippen MR) is 144 cm³/mol. The maximum absolute atomic E-state index is 13.0. The largest absolute Gasteiger partial charge is 0.486 e. The maximum Gasteiger partial charge on any atom is 0.255 e. The van der Waals surface area contributed by atoms with Crippen molar-refractivity contribution in [3.8, 4) is 16.9 Å². The molecule has 0 spiro atoms. The van der Waals surface area contributed by atoms with Gasteiger partial charge in [0, 0.05) is 49.2 Å². The summed E-state index contributed by atoms with van der Waals surface area (Å²) >= 11 is 6.45. The Bertz CT molecular complexity index is 1360. The summed E-state index contributed by atoms with van der Waals surface area (Å²) in [4.78, 5) is 35.5. The van der Waals surface area contributed by atoms with E-state index in [1.54, 1.807) is 41.7 Å². The summed E-state index contributed by atoms with van der Waals surface area (Å²) in [5, 5.41) is 3.39. The van der Waals surface area contributed by atoms with Crippen LogP contribution in [0.5, 0.6) is 5.75 Å². The lowest BCUT2D eigenvalue weighted by molar-refractivity contribution is -0.116. The molecule has 0 saturated carbocycles. The third kappa shape index (κ3) is 5.95. The first kappa shape index (κ1) is 25.7. The highest BCUT2D eigenvalue weighted by atomic mass is 35.5. The fraction of sp³-hybridized carbons (Fsp3) is 0.286. The second-order valence-corrected chi connectivity index (χ2v) is 9.56. The summed E-state index contributed by atoms with van der Waals surface area (Å²) < 4.78 is 11.5. The number of allylic oxidation sites excluding steroid dienone is 1. The van der Waals surface area contributed by atoms with Crippen LogP contribution in [0.3, 0.4) is 0 Å². The van der Waals surface area contributed by atoms with Crippen molar-refractivity contribution in [2.75, 3.05) is 38.6 Å². The fourth-order valence-corrected chi connectivity index (χ4v) is 4.76. The van der Waals surface area contributed by atoms with Gasteiger partial charge in [-0.2, -0.15) is 0 Å². The Morgan fingerprint density at radius 1 is 1.16 bits per heavy atom. The highest BCUT2D eigenvalue weighted by Crippen LogP contribution is 2.42. The molecular weight excluding hydrogens is 506 g/mol. The molecule has 0 bridgehead atoms. The van der Waals surface area contributed by atoms with E-state index in [0.29, 0.717) is 67.8 Å². The van der Waals surface area contributed by atoms with E-state index in [4.69, 9.17) is 26.8 Å². The number of rotatable bonds is 7. The van der Waals surface area contributed by atoms with Crippen LogP contribution >= 0.6 is 11.6 Å². The van der Waals surface area contributed by atoms with Crippen LogP contribution in [0.1, 0.15) is 21.5 Å². The number of carbonyl (C=O) groups is 2. The van der Waals surface area contributed by atoms with Crippen molar-refractivity contribution in [1.82, 2.24) is 20.2 Å². The van der Waals surface area contributed by atoms with Gasteiger partial charge in [0.15, 0.2) is 0 Å². The summed E-state index contributed by atoms with van der Waals surface area (Å²) in [7, 11) is 0. The zero-order chi connectivity index (χ0) is 26.5. The molecule has 2 aliphatic rings. The van der Waals surface area contributed by atoms with Crippen LogP contribution in [0.15, 0.2) is 61.1 Å².